The van der Waals surface area contributed by atoms with E-state index in [0.29, 0.717) is 12.5 Å². The zero-order valence-corrected chi connectivity index (χ0v) is 11.2. The fourth-order valence-electron chi connectivity index (χ4n) is 2.16. The van der Waals surface area contributed by atoms with Crippen LogP contribution in [0, 0.1) is 0 Å². The first-order chi connectivity index (χ1) is 8.15. The summed E-state index contributed by atoms with van der Waals surface area (Å²) in [7, 11) is 3.41. The molecule has 0 fully saturated rings. The van der Waals surface area contributed by atoms with E-state index in [4.69, 9.17) is 15.2 Å². The minimum Gasteiger partial charge on any atom is -0.496 e. The van der Waals surface area contributed by atoms with E-state index in [2.05, 4.69) is 13.8 Å². The van der Waals surface area contributed by atoms with E-state index < -0.39 is 0 Å². The van der Waals surface area contributed by atoms with Gasteiger partial charge in [-0.1, -0.05) is 13.8 Å². The number of nitrogens with two attached hydrogens (primary N) is 1. The second-order valence-electron chi connectivity index (χ2n) is 4.41. The van der Waals surface area contributed by atoms with Crippen LogP contribution < -0.4 is 15.2 Å². The lowest BCUT2D eigenvalue weighted by Gasteiger charge is -2.19. The SMILES string of the molecule is COc1ccc(OC)c(C(C)C)c1CCCN. The molecule has 0 aliphatic carbocycles. The highest BCUT2D eigenvalue weighted by atomic mass is 16.5. The molecule has 0 bridgehead atoms. The molecular weight excluding hydrogens is 214 g/mol. The van der Waals surface area contributed by atoms with Crippen molar-refractivity contribution in [3.05, 3.63) is 23.3 Å². The zero-order chi connectivity index (χ0) is 12.8. The molecule has 0 aliphatic rings. The van der Waals surface area contributed by atoms with Crippen molar-refractivity contribution in [2.45, 2.75) is 32.6 Å². The van der Waals surface area contributed by atoms with Gasteiger partial charge in [0.05, 0.1) is 14.2 Å². The fourth-order valence-corrected chi connectivity index (χ4v) is 2.16. The first kappa shape index (κ1) is 13.8. The number of rotatable bonds is 6. The van der Waals surface area contributed by atoms with Gasteiger partial charge >= 0.3 is 0 Å². The van der Waals surface area contributed by atoms with Crippen molar-refractivity contribution < 1.29 is 9.47 Å². The van der Waals surface area contributed by atoms with Gasteiger partial charge in [-0.25, -0.2) is 0 Å². The van der Waals surface area contributed by atoms with E-state index in [9.17, 15) is 0 Å². The molecule has 0 aromatic heterocycles. The molecule has 3 heteroatoms. The fraction of sp³-hybridized carbons (Fsp3) is 0.571. The molecule has 0 spiro atoms. The van der Waals surface area contributed by atoms with Gasteiger partial charge in [-0.3, -0.25) is 0 Å². The molecule has 1 aromatic carbocycles. The standard InChI is InChI=1S/C14H23NO2/c1-10(2)14-11(6-5-9-15)12(16-3)7-8-13(14)17-4/h7-8,10H,5-6,9,15H2,1-4H3. The first-order valence-corrected chi connectivity index (χ1v) is 6.09. The minimum atomic E-state index is 0.410. The zero-order valence-electron chi connectivity index (χ0n) is 11.2. The van der Waals surface area contributed by atoms with Crippen molar-refractivity contribution in [1.29, 1.82) is 0 Å². The van der Waals surface area contributed by atoms with E-state index in [1.165, 1.54) is 11.1 Å². The number of hydrogen-bond donors (Lipinski definition) is 1. The smallest absolute Gasteiger partial charge is 0.122 e. The van der Waals surface area contributed by atoms with Crippen molar-refractivity contribution in [1.82, 2.24) is 0 Å². The monoisotopic (exact) mass is 237 g/mol. The maximum absolute atomic E-state index is 5.59. The second kappa shape index (κ2) is 6.50. The molecule has 1 rings (SSSR count). The van der Waals surface area contributed by atoms with Gasteiger partial charge < -0.3 is 15.2 Å². The maximum atomic E-state index is 5.59. The molecule has 0 amide bonds. The highest BCUT2D eigenvalue weighted by Crippen LogP contribution is 2.36. The van der Waals surface area contributed by atoms with Crippen molar-refractivity contribution in [3.8, 4) is 11.5 Å². The molecule has 0 unspecified atom stereocenters. The highest BCUT2D eigenvalue weighted by molar-refractivity contribution is 5.50. The summed E-state index contributed by atoms with van der Waals surface area (Å²) in [4.78, 5) is 0. The van der Waals surface area contributed by atoms with Gasteiger partial charge in [-0.2, -0.15) is 0 Å². The van der Waals surface area contributed by atoms with E-state index in [1.54, 1.807) is 14.2 Å². The Kier molecular flexibility index (Phi) is 5.29. The van der Waals surface area contributed by atoms with Gasteiger partial charge in [0.1, 0.15) is 11.5 Å². The van der Waals surface area contributed by atoms with Crippen molar-refractivity contribution >= 4 is 0 Å². The first-order valence-electron chi connectivity index (χ1n) is 6.09. The minimum absolute atomic E-state index is 0.410. The van der Waals surface area contributed by atoms with Crippen LogP contribution >= 0.6 is 0 Å². The molecule has 0 radical (unpaired) electrons. The van der Waals surface area contributed by atoms with Crippen molar-refractivity contribution in [2.24, 2.45) is 5.73 Å². The van der Waals surface area contributed by atoms with Crippen molar-refractivity contribution in [3.63, 3.8) is 0 Å². The summed E-state index contributed by atoms with van der Waals surface area (Å²) < 4.78 is 10.9. The Labute approximate surface area is 104 Å². The number of hydrogen-bond acceptors (Lipinski definition) is 3. The number of benzene rings is 1. The third-order valence-corrected chi connectivity index (χ3v) is 2.92. The summed E-state index contributed by atoms with van der Waals surface area (Å²) in [5, 5.41) is 0. The molecule has 0 heterocycles. The molecular formula is C14H23NO2. The molecule has 96 valence electrons. The molecule has 0 saturated carbocycles. The Morgan fingerprint density at radius 1 is 1.12 bits per heavy atom. The van der Waals surface area contributed by atoms with Gasteiger partial charge in [-0.15, -0.1) is 0 Å². The molecule has 1 aromatic rings. The third kappa shape index (κ3) is 3.13. The van der Waals surface area contributed by atoms with Crippen LogP contribution in [-0.4, -0.2) is 20.8 Å². The van der Waals surface area contributed by atoms with Gasteiger partial charge in [-0.05, 0) is 37.4 Å². The predicted molar refractivity (Wildman–Crippen MR) is 71.0 cm³/mol. The van der Waals surface area contributed by atoms with E-state index in [0.717, 1.165) is 24.3 Å². The summed E-state index contributed by atoms with van der Waals surface area (Å²) in [6.45, 7) is 5.03. The molecule has 2 N–H and O–H groups in total. The van der Waals surface area contributed by atoms with Crippen molar-refractivity contribution in [2.75, 3.05) is 20.8 Å². The summed E-state index contributed by atoms with van der Waals surface area (Å²) in [6, 6.07) is 3.94. The summed E-state index contributed by atoms with van der Waals surface area (Å²) in [6.07, 6.45) is 1.90. The Morgan fingerprint density at radius 3 is 2.18 bits per heavy atom. The maximum Gasteiger partial charge on any atom is 0.122 e. The van der Waals surface area contributed by atoms with Crippen LogP contribution in [0.1, 0.15) is 37.3 Å². The second-order valence-corrected chi connectivity index (χ2v) is 4.41. The molecule has 0 aliphatic heterocycles. The van der Waals surface area contributed by atoms with Gasteiger partial charge in [0, 0.05) is 11.1 Å². The predicted octanol–water partition coefficient (Wildman–Crippen LogP) is 2.72. The quantitative estimate of drug-likeness (QED) is 0.827. The van der Waals surface area contributed by atoms with E-state index >= 15 is 0 Å². The lowest BCUT2D eigenvalue weighted by molar-refractivity contribution is 0.392. The molecule has 17 heavy (non-hydrogen) atoms. The number of methoxy groups -OCH3 is 2. The average Bonchev–Trinajstić information content (AvgIpc) is 2.34. The normalized spacial score (nSPS) is 10.7. The van der Waals surface area contributed by atoms with Crippen LogP contribution in [0.4, 0.5) is 0 Å². The lowest BCUT2D eigenvalue weighted by Crippen LogP contribution is -2.06. The van der Waals surface area contributed by atoms with Crippen LogP contribution in [0.2, 0.25) is 0 Å². The van der Waals surface area contributed by atoms with Gasteiger partial charge in [0.25, 0.3) is 0 Å². The summed E-state index contributed by atoms with van der Waals surface area (Å²) in [5.74, 6) is 2.28. The highest BCUT2D eigenvalue weighted by Gasteiger charge is 2.16. The Bertz CT molecular complexity index is 361. The molecule has 0 atom stereocenters. The topological polar surface area (TPSA) is 44.5 Å². The summed E-state index contributed by atoms with van der Waals surface area (Å²) >= 11 is 0. The third-order valence-electron chi connectivity index (χ3n) is 2.92. The summed E-state index contributed by atoms with van der Waals surface area (Å²) in [5.41, 5.74) is 8.06. The van der Waals surface area contributed by atoms with Crippen LogP contribution in [0.25, 0.3) is 0 Å². The lowest BCUT2D eigenvalue weighted by atomic mass is 9.92. The number of ether oxygens (including phenoxy) is 2. The van der Waals surface area contributed by atoms with Crippen LogP contribution in [0.5, 0.6) is 11.5 Å². The van der Waals surface area contributed by atoms with Gasteiger partial charge in [0.2, 0.25) is 0 Å². The molecule has 3 nitrogen and oxygen atoms in total. The van der Waals surface area contributed by atoms with Crippen LogP contribution in [0.3, 0.4) is 0 Å². The van der Waals surface area contributed by atoms with Crippen LogP contribution in [-0.2, 0) is 6.42 Å². The van der Waals surface area contributed by atoms with E-state index in [1.807, 2.05) is 12.1 Å². The Balaban J connectivity index is 3.25. The Morgan fingerprint density at radius 2 is 1.71 bits per heavy atom. The largest absolute Gasteiger partial charge is 0.496 e. The van der Waals surface area contributed by atoms with Gasteiger partial charge in [0.15, 0.2) is 0 Å². The Hall–Kier alpha value is -1.22. The van der Waals surface area contributed by atoms with E-state index in [-0.39, 0.29) is 0 Å². The molecule has 0 saturated heterocycles. The van der Waals surface area contributed by atoms with Crippen LogP contribution in [0.15, 0.2) is 12.1 Å². The average molecular weight is 237 g/mol.